The number of benzene rings is 1. The highest BCUT2D eigenvalue weighted by molar-refractivity contribution is 9.10. The minimum atomic E-state index is 0.281. The summed E-state index contributed by atoms with van der Waals surface area (Å²) in [7, 11) is 0. The van der Waals surface area contributed by atoms with Crippen LogP contribution in [-0.4, -0.2) is 16.8 Å². The zero-order chi connectivity index (χ0) is 12.4. The highest BCUT2D eigenvalue weighted by Crippen LogP contribution is 2.35. The van der Waals surface area contributed by atoms with Gasteiger partial charge >= 0.3 is 0 Å². The molecule has 0 radical (unpaired) electrons. The molecule has 1 aliphatic heterocycles. The van der Waals surface area contributed by atoms with Crippen LogP contribution >= 0.6 is 15.9 Å². The molecule has 2 aromatic rings. The van der Waals surface area contributed by atoms with Gasteiger partial charge in [0.05, 0.1) is 4.47 Å². The van der Waals surface area contributed by atoms with Gasteiger partial charge in [-0.25, -0.2) is 9.97 Å². The molecule has 0 fully saturated rings. The first-order chi connectivity index (χ1) is 8.84. The Balaban J connectivity index is 1.78. The molecule has 0 unspecified atom stereocenters. The topological polar surface area (TPSA) is 56.3 Å². The van der Waals surface area contributed by atoms with E-state index >= 15 is 0 Å². The van der Waals surface area contributed by atoms with Gasteiger partial charge in [-0.1, -0.05) is 12.1 Å². The summed E-state index contributed by atoms with van der Waals surface area (Å²) < 4.78 is 11.6. The monoisotopic (exact) mass is 307 g/mol. The molecule has 0 aliphatic carbocycles. The lowest BCUT2D eigenvalue weighted by molar-refractivity contribution is 0.173. The first-order valence-electron chi connectivity index (χ1n) is 5.41. The summed E-state index contributed by atoms with van der Waals surface area (Å²) in [4.78, 5) is 8.06. The molecule has 0 amide bonds. The molecule has 1 aliphatic rings. The summed E-state index contributed by atoms with van der Waals surface area (Å²) in [5.41, 5.74) is 1.04. The number of rotatable bonds is 3. The fourth-order valence-corrected chi connectivity index (χ4v) is 2.11. The third-order valence-electron chi connectivity index (χ3n) is 2.59. The molecule has 5 nitrogen and oxygen atoms in total. The minimum absolute atomic E-state index is 0.281. The second-order valence-electron chi connectivity index (χ2n) is 3.72. The van der Waals surface area contributed by atoms with E-state index in [-0.39, 0.29) is 6.79 Å². The van der Waals surface area contributed by atoms with Crippen molar-refractivity contribution in [1.29, 1.82) is 0 Å². The Bertz CT molecular complexity index is 577. The number of fused-ring (bicyclic) bond motifs is 1. The quantitative estimate of drug-likeness (QED) is 0.944. The SMILES string of the molecule is Brc1cncnc1NCc1cccc2c1OCO2. The number of aromatic nitrogens is 2. The Morgan fingerprint density at radius 1 is 1.33 bits per heavy atom. The van der Waals surface area contributed by atoms with E-state index in [4.69, 9.17) is 9.47 Å². The molecule has 0 saturated carbocycles. The lowest BCUT2D eigenvalue weighted by atomic mass is 10.2. The molecule has 0 atom stereocenters. The van der Waals surface area contributed by atoms with Crippen molar-refractivity contribution in [1.82, 2.24) is 9.97 Å². The van der Waals surface area contributed by atoms with E-state index in [0.717, 1.165) is 27.4 Å². The zero-order valence-electron chi connectivity index (χ0n) is 9.39. The van der Waals surface area contributed by atoms with Crippen molar-refractivity contribution in [3.8, 4) is 11.5 Å². The third-order valence-corrected chi connectivity index (χ3v) is 3.17. The van der Waals surface area contributed by atoms with Crippen LogP contribution in [0.25, 0.3) is 0 Å². The largest absolute Gasteiger partial charge is 0.454 e. The average Bonchev–Trinajstić information content (AvgIpc) is 2.86. The van der Waals surface area contributed by atoms with Crippen LogP contribution < -0.4 is 14.8 Å². The lowest BCUT2D eigenvalue weighted by Crippen LogP contribution is -2.03. The molecule has 0 saturated heterocycles. The second kappa shape index (κ2) is 4.81. The zero-order valence-corrected chi connectivity index (χ0v) is 11.0. The predicted molar refractivity (Wildman–Crippen MR) is 69.6 cm³/mol. The van der Waals surface area contributed by atoms with Crippen molar-refractivity contribution in [3.63, 3.8) is 0 Å². The van der Waals surface area contributed by atoms with Gasteiger partial charge in [-0.3, -0.25) is 0 Å². The summed E-state index contributed by atoms with van der Waals surface area (Å²) >= 11 is 3.39. The first kappa shape index (κ1) is 11.3. The molecule has 0 spiro atoms. The molecule has 1 aromatic heterocycles. The van der Waals surface area contributed by atoms with Gasteiger partial charge in [-0.05, 0) is 22.0 Å². The van der Waals surface area contributed by atoms with Crippen molar-refractivity contribution < 1.29 is 9.47 Å². The van der Waals surface area contributed by atoms with Gasteiger partial charge in [0.15, 0.2) is 11.5 Å². The number of anilines is 1. The van der Waals surface area contributed by atoms with Gasteiger partial charge in [0.25, 0.3) is 0 Å². The number of nitrogens with one attached hydrogen (secondary N) is 1. The second-order valence-corrected chi connectivity index (χ2v) is 4.58. The Morgan fingerprint density at radius 3 is 3.17 bits per heavy atom. The van der Waals surface area contributed by atoms with E-state index in [1.165, 1.54) is 6.33 Å². The molecule has 18 heavy (non-hydrogen) atoms. The highest BCUT2D eigenvalue weighted by Gasteiger charge is 2.16. The fourth-order valence-electron chi connectivity index (χ4n) is 1.75. The fraction of sp³-hybridized carbons (Fsp3) is 0.167. The standard InChI is InChI=1S/C12H10BrN3O2/c13-9-5-14-6-16-12(9)15-4-8-2-1-3-10-11(8)18-7-17-10/h1-3,5-6H,4,7H2,(H,14,15,16). The molecular weight excluding hydrogens is 298 g/mol. The van der Waals surface area contributed by atoms with Crippen LogP contribution in [0.15, 0.2) is 35.2 Å². The van der Waals surface area contributed by atoms with E-state index < -0.39 is 0 Å². The molecule has 6 heteroatoms. The van der Waals surface area contributed by atoms with Gasteiger partial charge in [0, 0.05) is 18.3 Å². The molecule has 1 N–H and O–H groups in total. The number of para-hydroxylation sites is 1. The Labute approximate surface area is 112 Å². The van der Waals surface area contributed by atoms with Gasteiger partial charge in [0.1, 0.15) is 12.1 Å². The summed E-state index contributed by atoms with van der Waals surface area (Å²) in [5, 5.41) is 3.23. The van der Waals surface area contributed by atoms with Gasteiger partial charge in [-0.15, -0.1) is 0 Å². The van der Waals surface area contributed by atoms with Crippen LogP contribution in [0.4, 0.5) is 5.82 Å². The van der Waals surface area contributed by atoms with Crippen LogP contribution in [0.5, 0.6) is 11.5 Å². The van der Waals surface area contributed by atoms with Crippen LogP contribution in [0, 0.1) is 0 Å². The third kappa shape index (κ3) is 2.11. The van der Waals surface area contributed by atoms with Gasteiger partial charge in [-0.2, -0.15) is 0 Å². The minimum Gasteiger partial charge on any atom is -0.454 e. The van der Waals surface area contributed by atoms with Crippen molar-refractivity contribution in [2.75, 3.05) is 12.1 Å². The molecule has 2 heterocycles. The number of ether oxygens (including phenoxy) is 2. The smallest absolute Gasteiger partial charge is 0.231 e. The van der Waals surface area contributed by atoms with Crippen molar-refractivity contribution in [3.05, 3.63) is 40.8 Å². The van der Waals surface area contributed by atoms with Crippen molar-refractivity contribution >= 4 is 21.7 Å². The molecule has 0 bridgehead atoms. The molecule has 1 aromatic carbocycles. The Morgan fingerprint density at radius 2 is 2.28 bits per heavy atom. The summed E-state index contributed by atoms with van der Waals surface area (Å²) in [6.07, 6.45) is 3.20. The maximum atomic E-state index is 5.44. The maximum Gasteiger partial charge on any atom is 0.231 e. The van der Waals surface area contributed by atoms with Crippen molar-refractivity contribution in [2.45, 2.75) is 6.54 Å². The van der Waals surface area contributed by atoms with Crippen molar-refractivity contribution in [2.24, 2.45) is 0 Å². The van der Waals surface area contributed by atoms with Crippen LogP contribution in [0.2, 0.25) is 0 Å². The Hall–Kier alpha value is -1.82. The van der Waals surface area contributed by atoms with E-state index in [9.17, 15) is 0 Å². The highest BCUT2D eigenvalue weighted by atomic mass is 79.9. The number of halogens is 1. The average molecular weight is 308 g/mol. The molecule has 92 valence electrons. The number of nitrogens with zero attached hydrogens (tertiary/aromatic N) is 2. The van der Waals surface area contributed by atoms with E-state index in [1.54, 1.807) is 6.20 Å². The Kier molecular flexibility index (Phi) is 3.02. The molecular formula is C12H10BrN3O2. The van der Waals surface area contributed by atoms with E-state index in [0.29, 0.717) is 6.54 Å². The predicted octanol–water partition coefficient (Wildman–Crippen LogP) is 2.58. The van der Waals surface area contributed by atoms with Gasteiger partial charge < -0.3 is 14.8 Å². The van der Waals surface area contributed by atoms with Gasteiger partial charge in [0.2, 0.25) is 6.79 Å². The number of hydrogen-bond donors (Lipinski definition) is 1. The van der Waals surface area contributed by atoms with E-state index in [1.807, 2.05) is 18.2 Å². The normalized spacial score (nSPS) is 12.5. The number of hydrogen-bond acceptors (Lipinski definition) is 5. The van der Waals surface area contributed by atoms with Crippen LogP contribution in [-0.2, 0) is 6.54 Å². The summed E-state index contributed by atoms with van der Waals surface area (Å²) in [5.74, 6) is 2.34. The first-order valence-corrected chi connectivity index (χ1v) is 6.21. The van der Waals surface area contributed by atoms with Crippen LogP contribution in [0.3, 0.4) is 0 Å². The molecule has 3 rings (SSSR count). The lowest BCUT2D eigenvalue weighted by Gasteiger charge is -2.08. The van der Waals surface area contributed by atoms with E-state index in [2.05, 4.69) is 31.2 Å². The maximum absolute atomic E-state index is 5.44. The summed E-state index contributed by atoms with van der Waals surface area (Å²) in [6.45, 7) is 0.895. The summed E-state index contributed by atoms with van der Waals surface area (Å²) in [6, 6.07) is 5.83. The van der Waals surface area contributed by atoms with Crippen LogP contribution in [0.1, 0.15) is 5.56 Å².